The summed E-state index contributed by atoms with van der Waals surface area (Å²) >= 11 is 0. The Hall–Kier alpha value is -2.43. The molecule has 0 unspecified atom stereocenters. The lowest BCUT2D eigenvalue weighted by Gasteiger charge is -2.11. The van der Waals surface area contributed by atoms with Gasteiger partial charge in [0.15, 0.2) is 11.5 Å². The number of anilines is 1. The smallest absolute Gasteiger partial charge is 0.216 e. The molecular weight excluding hydrogens is 232 g/mol. The van der Waals surface area contributed by atoms with Gasteiger partial charge in [0.05, 0.1) is 14.2 Å². The first kappa shape index (κ1) is 12.0. The summed E-state index contributed by atoms with van der Waals surface area (Å²) in [7, 11) is 3.12. The number of methoxy groups -OCH3 is 2. The summed E-state index contributed by atoms with van der Waals surface area (Å²) in [6, 6.07) is 8.61. The summed E-state index contributed by atoms with van der Waals surface area (Å²) < 4.78 is 15.9. The lowest BCUT2D eigenvalue weighted by molar-refractivity contribution is 0.373. The molecule has 0 atom stereocenters. The van der Waals surface area contributed by atoms with Crippen LogP contribution >= 0.6 is 0 Å². The Balaban J connectivity index is 2.29. The molecule has 5 heteroatoms. The molecule has 2 N–H and O–H groups in total. The minimum absolute atomic E-state index is 0.482. The predicted molar refractivity (Wildman–Crippen MR) is 68.3 cm³/mol. The molecule has 0 bridgehead atoms. The molecule has 0 radical (unpaired) electrons. The van der Waals surface area contributed by atoms with Crippen LogP contribution in [0.5, 0.6) is 23.1 Å². The molecule has 1 heterocycles. The summed E-state index contributed by atoms with van der Waals surface area (Å²) in [5, 5.41) is 0. The monoisotopic (exact) mass is 246 g/mol. The normalized spacial score (nSPS) is 9.89. The maximum atomic E-state index is 5.72. The summed E-state index contributed by atoms with van der Waals surface area (Å²) in [5.41, 5.74) is 6.32. The van der Waals surface area contributed by atoms with E-state index in [-0.39, 0.29) is 0 Å². The Bertz CT molecular complexity index is 544. The fraction of sp³-hybridized carbons (Fsp3) is 0.154. The van der Waals surface area contributed by atoms with Gasteiger partial charge in [-0.2, -0.15) is 0 Å². The second-order valence-corrected chi connectivity index (χ2v) is 3.55. The number of nitrogens with two attached hydrogens (primary N) is 1. The largest absolute Gasteiger partial charge is 0.493 e. The standard InChI is InChI=1S/C13H14N2O3/c1-16-11-4-3-9(14)7-12(11)18-10-5-6-15-13(8-10)17-2/h3-8H,14H2,1-2H3. The highest BCUT2D eigenvalue weighted by atomic mass is 16.5. The quantitative estimate of drug-likeness (QED) is 0.839. The van der Waals surface area contributed by atoms with Crippen molar-refractivity contribution in [2.24, 2.45) is 0 Å². The van der Waals surface area contributed by atoms with E-state index in [9.17, 15) is 0 Å². The minimum Gasteiger partial charge on any atom is -0.493 e. The van der Waals surface area contributed by atoms with Crippen molar-refractivity contribution >= 4 is 5.69 Å². The average Bonchev–Trinajstić information content (AvgIpc) is 2.39. The number of aromatic nitrogens is 1. The van der Waals surface area contributed by atoms with Gasteiger partial charge < -0.3 is 19.9 Å². The Kier molecular flexibility index (Phi) is 3.52. The zero-order valence-electron chi connectivity index (χ0n) is 10.2. The predicted octanol–water partition coefficient (Wildman–Crippen LogP) is 2.47. The second kappa shape index (κ2) is 5.27. The Morgan fingerprint density at radius 1 is 1.00 bits per heavy atom. The van der Waals surface area contributed by atoms with Gasteiger partial charge in [0.25, 0.3) is 0 Å². The van der Waals surface area contributed by atoms with Crippen molar-refractivity contribution in [3.05, 3.63) is 36.5 Å². The number of rotatable bonds is 4. The molecule has 0 spiro atoms. The van der Waals surface area contributed by atoms with Crippen LogP contribution in [-0.4, -0.2) is 19.2 Å². The van der Waals surface area contributed by atoms with E-state index in [2.05, 4.69) is 4.98 Å². The third kappa shape index (κ3) is 2.63. The van der Waals surface area contributed by atoms with Crippen LogP contribution < -0.4 is 19.9 Å². The zero-order chi connectivity index (χ0) is 13.0. The number of nitrogens with zero attached hydrogens (tertiary/aromatic N) is 1. The first-order chi connectivity index (χ1) is 8.72. The lowest BCUT2D eigenvalue weighted by atomic mass is 10.3. The molecule has 1 aromatic carbocycles. The van der Waals surface area contributed by atoms with Crippen LogP contribution in [0, 0.1) is 0 Å². The maximum absolute atomic E-state index is 5.72. The Labute approximate surface area is 105 Å². The fourth-order valence-electron chi connectivity index (χ4n) is 1.47. The van der Waals surface area contributed by atoms with Crippen LogP contribution in [0.4, 0.5) is 5.69 Å². The highest BCUT2D eigenvalue weighted by Gasteiger charge is 2.07. The van der Waals surface area contributed by atoms with E-state index in [1.54, 1.807) is 50.7 Å². The van der Waals surface area contributed by atoms with Gasteiger partial charge in [-0.15, -0.1) is 0 Å². The van der Waals surface area contributed by atoms with Gasteiger partial charge in [0, 0.05) is 24.0 Å². The van der Waals surface area contributed by atoms with Gasteiger partial charge in [-0.1, -0.05) is 0 Å². The summed E-state index contributed by atoms with van der Waals surface area (Å²) in [6.45, 7) is 0. The maximum Gasteiger partial charge on any atom is 0.216 e. The van der Waals surface area contributed by atoms with E-state index in [0.717, 1.165) is 0 Å². The van der Waals surface area contributed by atoms with Crippen LogP contribution in [0.2, 0.25) is 0 Å². The van der Waals surface area contributed by atoms with E-state index in [0.29, 0.717) is 28.8 Å². The van der Waals surface area contributed by atoms with Crippen molar-refractivity contribution in [2.45, 2.75) is 0 Å². The van der Waals surface area contributed by atoms with E-state index in [1.165, 1.54) is 0 Å². The number of hydrogen-bond donors (Lipinski definition) is 1. The molecule has 2 aromatic rings. The van der Waals surface area contributed by atoms with Gasteiger partial charge in [-0.05, 0) is 18.2 Å². The van der Waals surface area contributed by atoms with Gasteiger partial charge in [0.2, 0.25) is 5.88 Å². The van der Waals surface area contributed by atoms with Crippen LogP contribution in [0.1, 0.15) is 0 Å². The van der Waals surface area contributed by atoms with Gasteiger partial charge in [-0.25, -0.2) is 4.98 Å². The number of pyridine rings is 1. The van der Waals surface area contributed by atoms with Crippen LogP contribution in [0.25, 0.3) is 0 Å². The molecule has 0 saturated carbocycles. The molecule has 1 aromatic heterocycles. The molecule has 18 heavy (non-hydrogen) atoms. The number of benzene rings is 1. The molecule has 5 nitrogen and oxygen atoms in total. The highest BCUT2D eigenvalue weighted by Crippen LogP contribution is 2.33. The van der Waals surface area contributed by atoms with Crippen LogP contribution in [0.15, 0.2) is 36.5 Å². The summed E-state index contributed by atoms with van der Waals surface area (Å²) in [6.07, 6.45) is 1.60. The Morgan fingerprint density at radius 3 is 2.56 bits per heavy atom. The van der Waals surface area contributed by atoms with E-state index < -0.39 is 0 Å². The first-order valence-electron chi connectivity index (χ1n) is 5.34. The molecule has 0 aliphatic heterocycles. The number of hydrogen-bond acceptors (Lipinski definition) is 5. The molecule has 0 aliphatic rings. The molecule has 0 amide bonds. The molecule has 0 fully saturated rings. The number of ether oxygens (including phenoxy) is 3. The average molecular weight is 246 g/mol. The van der Waals surface area contributed by atoms with E-state index >= 15 is 0 Å². The van der Waals surface area contributed by atoms with E-state index in [1.807, 2.05) is 0 Å². The van der Waals surface area contributed by atoms with Gasteiger partial charge in [0.1, 0.15) is 5.75 Å². The van der Waals surface area contributed by atoms with Gasteiger partial charge >= 0.3 is 0 Å². The lowest BCUT2D eigenvalue weighted by Crippen LogP contribution is -1.94. The first-order valence-corrected chi connectivity index (χ1v) is 5.34. The minimum atomic E-state index is 0.482. The molecule has 2 rings (SSSR count). The van der Waals surface area contributed by atoms with Crippen LogP contribution in [-0.2, 0) is 0 Å². The van der Waals surface area contributed by atoms with Crippen molar-refractivity contribution in [2.75, 3.05) is 20.0 Å². The zero-order valence-corrected chi connectivity index (χ0v) is 10.2. The van der Waals surface area contributed by atoms with E-state index in [4.69, 9.17) is 19.9 Å². The summed E-state index contributed by atoms with van der Waals surface area (Å²) in [5.74, 6) is 2.24. The molecular formula is C13H14N2O3. The van der Waals surface area contributed by atoms with Gasteiger partial charge in [-0.3, -0.25) is 0 Å². The third-order valence-electron chi connectivity index (χ3n) is 2.33. The number of nitrogen functional groups attached to an aromatic ring is 1. The topological polar surface area (TPSA) is 66.6 Å². The SMILES string of the molecule is COc1cc(Oc2cc(N)ccc2OC)ccn1. The summed E-state index contributed by atoms with van der Waals surface area (Å²) in [4.78, 5) is 4.00. The second-order valence-electron chi connectivity index (χ2n) is 3.55. The van der Waals surface area contributed by atoms with Crippen molar-refractivity contribution in [1.82, 2.24) is 4.98 Å². The van der Waals surface area contributed by atoms with Crippen LogP contribution in [0.3, 0.4) is 0 Å². The molecule has 0 saturated heterocycles. The van der Waals surface area contributed by atoms with Crippen molar-refractivity contribution in [1.29, 1.82) is 0 Å². The molecule has 0 aliphatic carbocycles. The fourth-order valence-corrected chi connectivity index (χ4v) is 1.47. The highest BCUT2D eigenvalue weighted by molar-refractivity contribution is 5.53. The molecule has 94 valence electrons. The van der Waals surface area contributed by atoms with Crippen molar-refractivity contribution in [3.8, 4) is 23.1 Å². The van der Waals surface area contributed by atoms with Crippen molar-refractivity contribution in [3.63, 3.8) is 0 Å². The Morgan fingerprint density at radius 2 is 1.83 bits per heavy atom. The third-order valence-corrected chi connectivity index (χ3v) is 2.33. The van der Waals surface area contributed by atoms with Crippen molar-refractivity contribution < 1.29 is 14.2 Å².